The summed E-state index contributed by atoms with van der Waals surface area (Å²) in [7, 11) is 0. The molecule has 1 rings (SSSR count). The Morgan fingerprint density at radius 1 is 1.29 bits per heavy atom. The molecule has 0 aliphatic heterocycles. The standard InChI is InChI=1S/C17H27ClN2O/c1-4-16(14-5-7-15(18)8-6-14)20-17(21)10-13(11-19)9-12(2)3/h5-8,12-13,16H,4,9-11,19H2,1-3H3,(H,20,21). The largest absolute Gasteiger partial charge is 0.349 e. The normalized spacial score (nSPS) is 14.0. The van der Waals surface area contributed by atoms with E-state index in [9.17, 15) is 4.79 Å². The summed E-state index contributed by atoms with van der Waals surface area (Å²) in [5.74, 6) is 0.894. The first-order valence-corrected chi connectivity index (χ1v) is 8.08. The number of benzene rings is 1. The Labute approximate surface area is 133 Å². The van der Waals surface area contributed by atoms with Gasteiger partial charge in [-0.25, -0.2) is 0 Å². The molecule has 0 aromatic heterocycles. The van der Waals surface area contributed by atoms with Crippen molar-refractivity contribution >= 4 is 17.5 Å². The lowest BCUT2D eigenvalue weighted by Crippen LogP contribution is -2.31. The maximum atomic E-state index is 12.2. The van der Waals surface area contributed by atoms with Crippen LogP contribution in [0.2, 0.25) is 5.02 Å². The zero-order chi connectivity index (χ0) is 15.8. The van der Waals surface area contributed by atoms with Crippen molar-refractivity contribution < 1.29 is 4.79 Å². The third-order valence-corrected chi connectivity index (χ3v) is 3.88. The molecule has 0 saturated heterocycles. The average Bonchev–Trinajstić information content (AvgIpc) is 2.44. The van der Waals surface area contributed by atoms with Crippen LogP contribution in [-0.4, -0.2) is 12.5 Å². The first-order valence-electron chi connectivity index (χ1n) is 7.71. The zero-order valence-electron chi connectivity index (χ0n) is 13.2. The molecule has 0 heterocycles. The number of nitrogens with two attached hydrogens (primary N) is 1. The van der Waals surface area contributed by atoms with E-state index in [2.05, 4.69) is 26.1 Å². The van der Waals surface area contributed by atoms with Crippen molar-refractivity contribution in [2.75, 3.05) is 6.54 Å². The van der Waals surface area contributed by atoms with Crippen LogP contribution in [0.1, 0.15) is 51.6 Å². The van der Waals surface area contributed by atoms with Crippen molar-refractivity contribution in [1.29, 1.82) is 0 Å². The van der Waals surface area contributed by atoms with Crippen LogP contribution in [0.4, 0.5) is 0 Å². The zero-order valence-corrected chi connectivity index (χ0v) is 14.0. The quantitative estimate of drug-likeness (QED) is 0.764. The second kappa shape index (κ2) is 9.06. The van der Waals surface area contributed by atoms with Crippen LogP contribution in [0.5, 0.6) is 0 Å². The van der Waals surface area contributed by atoms with E-state index >= 15 is 0 Å². The molecule has 3 N–H and O–H groups in total. The van der Waals surface area contributed by atoms with Gasteiger partial charge in [0.25, 0.3) is 0 Å². The summed E-state index contributed by atoms with van der Waals surface area (Å²) in [5.41, 5.74) is 6.85. The van der Waals surface area contributed by atoms with Gasteiger partial charge < -0.3 is 11.1 Å². The summed E-state index contributed by atoms with van der Waals surface area (Å²) < 4.78 is 0. The number of amides is 1. The monoisotopic (exact) mass is 310 g/mol. The Morgan fingerprint density at radius 2 is 1.90 bits per heavy atom. The fourth-order valence-corrected chi connectivity index (χ4v) is 2.69. The van der Waals surface area contributed by atoms with Gasteiger partial charge in [0, 0.05) is 11.4 Å². The molecular weight excluding hydrogens is 284 g/mol. The number of rotatable bonds is 8. The van der Waals surface area contributed by atoms with Gasteiger partial charge in [0.1, 0.15) is 0 Å². The van der Waals surface area contributed by atoms with Crippen LogP contribution in [-0.2, 0) is 4.79 Å². The SMILES string of the molecule is CCC(NC(=O)CC(CN)CC(C)C)c1ccc(Cl)cc1. The van der Waals surface area contributed by atoms with E-state index in [1.165, 1.54) is 0 Å². The van der Waals surface area contributed by atoms with Gasteiger partial charge >= 0.3 is 0 Å². The molecule has 4 heteroatoms. The van der Waals surface area contributed by atoms with E-state index in [-0.39, 0.29) is 17.9 Å². The minimum atomic E-state index is 0.0345. The van der Waals surface area contributed by atoms with Crippen LogP contribution >= 0.6 is 11.6 Å². The highest BCUT2D eigenvalue weighted by atomic mass is 35.5. The van der Waals surface area contributed by atoms with Crippen molar-refractivity contribution in [3.8, 4) is 0 Å². The molecular formula is C17H27ClN2O. The van der Waals surface area contributed by atoms with Gasteiger partial charge in [-0.05, 0) is 48.9 Å². The molecule has 2 atom stereocenters. The van der Waals surface area contributed by atoms with E-state index in [1.54, 1.807) is 0 Å². The van der Waals surface area contributed by atoms with Crippen LogP contribution in [0.15, 0.2) is 24.3 Å². The maximum absolute atomic E-state index is 12.2. The van der Waals surface area contributed by atoms with E-state index in [4.69, 9.17) is 17.3 Å². The van der Waals surface area contributed by atoms with Crippen molar-refractivity contribution in [3.05, 3.63) is 34.9 Å². The summed E-state index contributed by atoms with van der Waals surface area (Å²) in [6.07, 6.45) is 2.34. The Balaban J connectivity index is 2.60. The number of hydrogen-bond donors (Lipinski definition) is 2. The van der Waals surface area contributed by atoms with E-state index in [0.29, 0.717) is 23.9 Å². The molecule has 1 aromatic carbocycles. The van der Waals surface area contributed by atoms with Crippen LogP contribution in [0.3, 0.4) is 0 Å². The minimum Gasteiger partial charge on any atom is -0.349 e. The number of halogens is 1. The summed E-state index contributed by atoms with van der Waals surface area (Å²) in [6, 6.07) is 7.67. The molecule has 0 spiro atoms. The highest BCUT2D eigenvalue weighted by molar-refractivity contribution is 6.30. The molecule has 3 nitrogen and oxygen atoms in total. The molecule has 0 aliphatic carbocycles. The van der Waals surface area contributed by atoms with E-state index in [0.717, 1.165) is 18.4 Å². The lowest BCUT2D eigenvalue weighted by Gasteiger charge is -2.21. The number of hydrogen-bond acceptors (Lipinski definition) is 2. The second-order valence-corrected chi connectivity index (χ2v) is 6.45. The van der Waals surface area contributed by atoms with E-state index < -0.39 is 0 Å². The van der Waals surface area contributed by atoms with E-state index in [1.807, 2.05) is 24.3 Å². The highest BCUT2D eigenvalue weighted by Crippen LogP contribution is 2.20. The Kier molecular flexibility index (Phi) is 7.76. The smallest absolute Gasteiger partial charge is 0.220 e. The first-order chi connectivity index (χ1) is 9.96. The molecule has 1 aromatic rings. The molecule has 0 bridgehead atoms. The summed E-state index contributed by atoms with van der Waals surface area (Å²) >= 11 is 5.90. The van der Waals surface area contributed by atoms with Gasteiger partial charge in [-0.1, -0.05) is 44.5 Å². The van der Waals surface area contributed by atoms with Gasteiger partial charge in [0.2, 0.25) is 5.91 Å². The fourth-order valence-electron chi connectivity index (χ4n) is 2.56. The topological polar surface area (TPSA) is 55.1 Å². The molecule has 0 radical (unpaired) electrons. The number of carbonyl (C=O) groups is 1. The highest BCUT2D eigenvalue weighted by Gasteiger charge is 2.17. The average molecular weight is 311 g/mol. The van der Waals surface area contributed by atoms with Crippen molar-refractivity contribution in [2.45, 2.75) is 46.1 Å². The van der Waals surface area contributed by atoms with Crippen LogP contribution in [0, 0.1) is 11.8 Å². The number of carbonyl (C=O) groups excluding carboxylic acids is 1. The number of nitrogens with one attached hydrogen (secondary N) is 1. The molecule has 0 aliphatic rings. The van der Waals surface area contributed by atoms with Gasteiger partial charge in [-0.2, -0.15) is 0 Å². The molecule has 21 heavy (non-hydrogen) atoms. The predicted molar refractivity (Wildman–Crippen MR) is 89.2 cm³/mol. The first kappa shape index (κ1) is 18.0. The molecule has 2 unspecified atom stereocenters. The summed E-state index contributed by atoms with van der Waals surface area (Å²) in [6.45, 7) is 6.93. The Morgan fingerprint density at radius 3 is 2.38 bits per heavy atom. The Bertz CT molecular complexity index is 431. The lowest BCUT2D eigenvalue weighted by atomic mass is 9.93. The molecule has 0 saturated carbocycles. The lowest BCUT2D eigenvalue weighted by molar-refractivity contribution is -0.122. The third-order valence-electron chi connectivity index (χ3n) is 3.63. The molecule has 0 fully saturated rings. The summed E-state index contributed by atoms with van der Waals surface area (Å²) in [4.78, 5) is 12.2. The van der Waals surface area contributed by atoms with Gasteiger partial charge in [-0.15, -0.1) is 0 Å². The van der Waals surface area contributed by atoms with Gasteiger partial charge in [0.05, 0.1) is 6.04 Å². The Hall–Kier alpha value is -1.06. The van der Waals surface area contributed by atoms with Crippen molar-refractivity contribution in [1.82, 2.24) is 5.32 Å². The molecule has 1 amide bonds. The van der Waals surface area contributed by atoms with Gasteiger partial charge in [-0.3, -0.25) is 4.79 Å². The maximum Gasteiger partial charge on any atom is 0.220 e. The fraction of sp³-hybridized carbons (Fsp3) is 0.588. The predicted octanol–water partition coefficient (Wildman–Crippen LogP) is 3.92. The van der Waals surface area contributed by atoms with Crippen molar-refractivity contribution in [2.24, 2.45) is 17.6 Å². The van der Waals surface area contributed by atoms with Crippen LogP contribution in [0.25, 0.3) is 0 Å². The third kappa shape index (κ3) is 6.49. The van der Waals surface area contributed by atoms with Crippen LogP contribution < -0.4 is 11.1 Å². The second-order valence-electron chi connectivity index (χ2n) is 6.02. The minimum absolute atomic E-state index is 0.0345. The van der Waals surface area contributed by atoms with Gasteiger partial charge in [0.15, 0.2) is 0 Å². The van der Waals surface area contributed by atoms with Crippen molar-refractivity contribution in [3.63, 3.8) is 0 Å². The molecule has 118 valence electrons. The summed E-state index contributed by atoms with van der Waals surface area (Å²) in [5, 5.41) is 3.81.